The summed E-state index contributed by atoms with van der Waals surface area (Å²) in [5, 5.41) is 0.677. The maximum absolute atomic E-state index is 6.54. The van der Waals surface area contributed by atoms with Crippen LogP contribution in [0.4, 0.5) is 5.69 Å². The summed E-state index contributed by atoms with van der Waals surface area (Å²) in [4.78, 5) is 10.9. The van der Waals surface area contributed by atoms with Gasteiger partial charge in [-0.3, -0.25) is 4.90 Å². The predicted molar refractivity (Wildman–Crippen MR) is 92.5 cm³/mol. The van der Waals surface area contributed by atoms with Crippen LogP contribution in [0.1, 0.15) is 43.2 Å². The van der Waals surface area contributed by atoms with Crippen LogP contribution in [0.2, 0.25) is 5.02 Å². The van der Waals surface area contributed by atoms with E-state index in [4.69, 9.17) is 23.1 Å². The van der Waals surface area contributed by atoms with Crippen molar-refractivity contribution in [3.05, 3.63) is 28.3 Å². The molecule has 1 aliphatic heterocycles. The van der Waals surface area contributed by atoms with E-state index in [9.17, 15) is 0 Å². The summed E-state index contributed by atoms with van der Waals surface area (Å²) < 4.78 is 0. The van der Waals surface area contributed by atoms with Crippen LogP contribution < -0.4 is 16.4 Å². The monoisotopic (exact) mass is 319 g/mol. The highest BCUT2D eigenvalue weighted by Crippen LogP contribution is 2.43. The highest BCUT2D eigenvalue weighted by molar-refractivity contribution is 6.34. The smallest absolute Gasteiger partial charge is 0.220 e. The number of halogens is 1. The van der Waals surface area contributed by atoms with E-state index >= 15 is 0 Å². The minimum absolute atomic E-state index is 0.261. The zero-order valence-corrected chi connectivity index (χ0v) is 13.8. The van der Waals surface area contributed by atoms with E-state index in [1.807, 2.05) is 24.8 Å². The topological polar surface area (TPSA) is 80.0 Å². The summed E-state index contributed by atoms with van der Waals surface area (Å²) in [6.07, 6.45) is 5.23. The van der Waals surface area contributed by atoms with E-state index in [1.54, 1.807) is 0 Å². The average molecular weight is 320 g/mol. The molecule has 0 aromatic heterocycles. The van der Waals surface area contributed by atoms with E-state index in [1.165, 1.54) is 6.42 Å². The number of hydrogen-bond donors (Lipinski definition) is 2. The van der Waals surface area contributed by atoms with Gasteiger partial charge in [0.1, 0.15) is 5.66 Å². The normalized spacial score (nSPS) is 20.8. The van der Waals surface area contributed by atoms with Gasteiger partial charge < -0.3 is 11.5 Å². The molecular formula is C16H22ClN5. The third-order valence-corrected chi connectivity index (χ3v) is 4.76. The number of guanidine groups is 2. The van der Waals surface area contributed by atoms with Gasteiger partial charge in [-0.1, -0.05) is 24.1 Å². The molecule has 4 N–H and O–H groups in total. The van der Waals surface area contributed by atoms with E-state index in [-0.39, 0.29) is 5.96 Å². The van der Waals surface area contributed by atoms with Crippen LogP contribution in [0.15, 0.2) is 22.1 Å². The second-order valence-electron chi connectivity index (χ2n) is 6.23. The molecule has 0 radical (unpaired) electrons. The maximum atomic E-state index is 6.54. The first-order valence-corrected chi connectivity index (χ1v) is 8.07. The molecule has 0 bridgehead atoms. The standard InChI is InChI=1S/C16H22ClN5/c1-10-8-11(2)13(12(17)9-10)22-15(19)20-14(18)21-16(22)6-4-3-5-7-16/h8-9H,3-7H2,1-2H3,(H4,18,19,20,21). The molecule has 6 heteroatoms. The van der Waals surface area contributed by atoms with Crippen molar-refractivity contribution >= 4 is 29.2 Å². The number of benzene rings is 1. The Bertz CT molecular complexity index is 635. The molecule has 1 fully saturated rings. The first kappa shape index (κ1) is 15.2. The lowest BCUT2D eigenvalue weighted by Crippen LogP contribution is -2.58. The van der Waals surface area contributed by atoms with Crippen LogP contribution in [0.25, 0.3) is 0 Å². The summed E-state index contributed by atoms with van der Waals surface area (Å²) in [5.74, 6) is 0.639. The SMILES string of the molecule is Cc1cc(C)c(N2C(N)=NC(N)=NC23CCCCC3)c(Cl)c1. The van der Waals surface area contributed by atoms with Crippen molar-refractivity contribution in [1.82, 2.24) is 0 Å². The number of rotatable bonds is 1. The molecule has 1 aliphatic carbocycles. The number of anilines is 1. The van der Waals surface area contributed by atoms with E-state index in [0.29, 0.717) is 11.0 Å². The molecule has 1 spiro atoms. The van der Waals surface area contributed by atoms with Crippen molar-refractivity contribution in [1.29, 1.82) is 0 Å². The van der Waals surface area contributed by atoms with Crippen molar-refractivity contribution in [3.8, 4) is 0 Å². The van der Waals surface area contributed by atoms with E-state index in [2.05, 4.69) is 16.1 Å². The van der Waals surface area contributed by atoms with Crippen molar-refractivity contribution in [2.24, 2.45) is 21.5 Å². The lowest BCUT2D eigenvalue weighted by atomic mass is 9.87. The highest BCUT2D eigenvalue weighted by atomic mass is 35.5. The molecule has 22 heavy (non-hydrogen) atoms. The summed E-state index contributed by atoms with van der Waals surface area (Å²) >= 11 is 6.54. The minimum atomic E-state index is -0.447. The number of aryl methyl sites for hydroxylation is 2. The molecule has 3 rings (SSSR count). The molecule has 0 amide bonds. The molecule has 5 nitrogen and oxygen atoms in total. The fourth-order valence-electron chi connectivity index (χ4n) is 3.64. The van der Waals surface area contributed by atoms with Gasteiger partial charge in [0, 0.05) is 0 Å². The third kappa shape index (κ3) is 2.43. The van der Waals surface area contributed by atoms with Crippen molar-refractivity contribution in [2.45, 2.75) is 51.6 Å². The maximum Gasteiger partial charge on any atom is 0.220 e. The molecule has 0 atom stereocenters. The first-order chi connectivity index (χ1) is 10.4. The van der Waals surface area contributed by atoms with Crippen LogP contribution in [-0.2, 0) is 0 Å². The molecule has 2 aliphatic rings. The van der Waals surface area contributed by atoms with Crippen molar-refractivity contribution in [2.75, 3.05) is 4.90 Å². The Morgan fingerprint density at radius 2 is 1.82 bits per heavy atom. The Labute approximate surface area is 136 Å². The molecule has 1 heterocycles. The number of aliphatic imine (C=N–C) groups is 2. The summed E-state index contributed by atoms with van der Waals surface area (Å²) in [6.45, 7) is 4.07. The summed E-state index contributed by atoms with van der Waals surface area (Å²) in [7, 11) is 0. The zero-order valence-electron chi connectivity index (χ0n) is 13.1. The number of hydrogen-bond acceptors (Lipinski definition) is 5. The van der Waals surface area contributed by atoms with Crippen LogP contribution >= 0.6 is 11.6 Å². The Morgan fingerprint density at radius 3 is 2.45 bits per heavy atom. The lowest BCUT2D eigenvalue weighted by Gasteiger charge is -2.46. The van der Waals surface area contributed by atoms with Gasteiger partial charge in [0.25, 0.3) is 0 Å². The molecular weight excluding hydrogens is 298 g/mol. The summed E-state index contributed by atoms with van der Waals surface area (Å²) in [6, 6.07) is 4.06. The van der Waals surface area contributed by atoms with Gasteiger partial charge in [0.2, 0.25) is 11.9 Å². The Kier molecular flexibility index (Phi) is 3.77. The van der Waals surface area contributed by atoms with Crippen LogP contribution in [0.3, 0.4) is 0 Å². The molecule has 0 unspecified atom stereocenters. The second kappa shape index (κ2) is 5.47. The number of nitrogens with two attached hydrogens (primary N) is 2. The number of nitrogens with zero attached hydrogens (tertiary/aromatic N) is 3. The van der Waals surface area contributed by atoms with Crippen molar-refractivity contribution in [3.63, 3.8) is 0 Å². The first-order valence-electron chi connectivity index (χ1n) is 7.69. The molecule has 1 aromatic carbocycles. The van der Waals surface area contributed by atoms with E-state index < -0.39 is 5.66 Å². The molecule has 118 valence electrons. The van der Waals surface area contributed by atoms with Crippen LogP contribution in [0, 0.1) is 13.8 Å². The van der Waals surface area contributed by atoms with Gasteiger partial charge in [0.15, 0.2) is 0 Å². The van der Waals surface area contributed by atoms with Gasteiger partial charge in [-0.05, 0) is 56.7 Å². The van der Waals surface area contributed by atoms with Gasteiger partial charge in [-0.2, -0.15) is 4.99 Å². The fourth-order valence-corrected chi connectivity index (χ4v) is 4.04. The Morgan fingerprint density at radius 1 is 1.14 bits per heavy atom. The van der Waals surface area contributed by atoms with Crippen LogP contribution in [-0.4, -0.2) is 17.6 Å². The lowest BCUT2D eigenvalue weighted by molar-refractivity contribution is 0.305. The Hall–Kier alpha value is -1.75. The van der Waals surface area contributed by atoms with Gasteiger partial charge in [-0.15, -0.1) is 0 Å². The average Bonchev–Trinajstić information content (AvgIpc) is 2.41. The second-order valence-corrected chi connectivity index (χ2v) is 6.64. The molecule has 1 aromatic rings. The highest BCUT2D eigenvalue weighted by Gasteiger charge is 2.43. The minimum Gasteiger partial charge on any atom is -0.369 e. The Balaban J connectivity index is 2.16. The molecule has 1 saturated carbocycles. The van der Waals surface area contributed by atoms with Gasteiger partial charge in [0.05, 0.1) is 10.7 Å². The van der Waals surface area contributed by atoms with E-state index in [0.717, 1.165) is 42.5 Å². The van der Waals surface area contributed by atoms with Gasteiger partial charge in [-0.25, -0.2) is 4.99 Å². The predicted octanol–water partition coefficient (Wildman–Crippen LogP) is 3.07. The quantitative estimate of drug-likeness (QED) is 0.834. The summed E-state index contributed by atoms with van der Waals surface area (Å²) in [5.41, 5.74) is 14.8. The zero-order chi connectivity index (χ0) is 15.9. The van der Waals surface area contributed by atoms with Crippen molar-refractivity contribution < 1.29 is 0 Å². The third-order valence-electron chi connectivity index (χ3n) is 4.47. The van der Waals surface area contributed by atoms with Crippen LogP contribution in [0.5, 0.6) is 0 Å². The molecule has 0 saturated heterocycles. The van der Waals surface area contributed by atoms with Gasteiger partial charge >= 0.3 is 0 Å². The fraction of sp³-hybridized carbons (Fsp3) is 0.500. The largest absolute Gasteiger partial charge is 0.369 e.